The fraction of sp³-hybridized carbons (Fsp3) is 0.556. The van der Waals surface area contributed by atoms with Gasteiger partial charge in [0.15, 0.2) is 0 Å². The zero-order chi connectivity index (χ0) is 18.0. The lowest BCUT2D eigenvalue weighted by molar-refractivity contribution is -0.112. The summed E-state index contributed by atoms with van der Waals surface area (Å²) < 4.78 is 15.5. The van der Waals surface area contributed by atoms with E-state index in [1.54, 1.807) is 6.07 Å². The van der Waals surface area contributed by atoms with Crippen LogP contribution in [0.3, 0.4) is 0 Å². The number of carbonyl (C=O) groups excluding carboxylic acids is 2. The van der Waals surface area contributed by atoms with Crippen LogP contribution in [0, 0.1) is 6.92 Å². The Morgan fingerprint density at radius 3 is 2.33 bits per heavy atom. The van der Waals surface area contributed by atoms with E-state index in [1.165, 1.54) is 0 Å². The number of rotatable bonds is 12. The zero-order valence-corrected chi connectivity index (χ0v) is 14.9. The van der Waals surface area contributed by atoms with Crippen molar-refractivity contribution in [1.82, 2.24) is 5.32 Å². The third-order valence-electron chi connectivity index (χ3n) is 2.74. The number of aryl methyl sites for hydroxylation is 1. The van der Waals surface area contributed by atoms with Crippen LogP contribution in [0.1, 0.15) is 31.2 Å². The number of ether oxygens (including phenoxy) is 3. The molecule has 6 heteroatoms. The normalized spacial score (nSPS) is 9.79. The first kappa shape index (κ1) is 22.2. The third-order valence-corrected chi connectivity index (χ3v) is 2.74. The second kappa shape index (κ2) is 16.1. The molecule has 0 aliphatic rings. The van der Waals surface area contributed by atoms with E-state index in [1.807, 2.05) is 39.0 Å². The monoisotopic (exact) mass is 341 g/mol. The predicted molar refractivity (Wildman–Crippen MR) is 95.5 cm³/mol. The van der Waals surface area contributed by atoms with E-state index < -0.39 is 0 Å². The molecular weight excluding hydrogens is 310 g/mol. The minimum Gasteiger partial charge on any atom is -0.377 e. The number of benzene rings is 1. The highest BCUT2D eigenvalue weighted by atomic mass is 16.5. The highest BCUT2D eigenvalue weighted by Crippen LogP contribution is 2.03. The number of nitrogens with one attached hydrogen (secondary N) is 1. The molecule has 0 fully saturated rings. The Morgan fingerprint density at radius 2 is 1.71 bits per heavy atom. The van der Waals surface area contributed by atoms with Crippen LogP contribution in [0.2, 0.25) is 0 Å². The second-order valence-electron chi connectivity index (χ2n) is 4.59. The van der Waals surface area contributed by atoms with Gasteiger partial charge in [-0.15, -0.1) is 0 Å². The first-order valence-corrected chi connectivity index (χ1v) is 8.26. The van der Waals surface area contributed by atoms with Gasteiger partial charge in [-0.25, -0.2) is 0 Å². The van der Waals surface area contributed by atoms with Crippen molar-refractivity contribution in [2.75, 3.05) is 46.2 Å². The van der Waals surface area contributed by atoms with Crippen molar-refractivity contribution in [2.45, 2.75) is 20.8 Å². The number of amides is 1. The molecule has 0 spiro atoms. The van der Waals surface area contributed by atoms with Gasteiger partial charge in [-0.2, -0.15) is 0 Å². The number of hydrogen-bond donors (Lipinski definition) is 1. The molecule has 1 rings (SSSR count). The van der Waals surface area contributed by atoms with Gasteiger partial charge >= 0.3 is 0 Å². The Labute approximate surface area is 146 Å². The summed E-state index contributed by atoms with van der Waals surface area (Å²) in [6.07, 6.45) is 0.703. The Kier molecular flexibility index (Phi) is 14.9. The summed E-state index contributed by atoms with van der Waals surface area (Å²) in [6.45, 7) is 8.67. The lowest BCUT2D eigenvalue weighted by atomic mass is 10.1. The van der Waals surface area contributed by atoms with Crippen molar-refractivity contribution < 1.29 is 25.2 Å². The topological polar surface area (TPSA) is 73.9 Å². The van der Waals surface area contributed by atoms with Crippen LogP contribution >= 0.6 is 0 Å². The predicted octanol–water partition coefficient (Wildman–Crippen LogP) is 2.25. The van der Waals surface area contributed by atoms with Gasteiger partial charge in [-0.05, 0) is 19.1 Å². The summed E-state index contributed by atoms with van der Waals surface area (Å²) in [5.41, 5.74) is 1.71. The number of hydrogen-bond acceptors (Lipinski definition) is 5. The molecule has 24 heavy (non-hydrogen) atoms. The molecule has 0 heterocycles. The molecule has 0 aliphatic heterocycles. The van der Waals surface area contributed by atoms with Gasteiger partial charge in [0.1, 0.15) is 12.9 Å². The third kappa shape index (κ3) is 11.8. The lowest BCUT2D eigenvalue weighted by Gasteiger charge is -2.07. The molecule has 0 radical (unpaired) electrons. The molecule has 1 amide bonds. The highest BCUT2D eigenvalue weighted by molar-refractivity contribution is 5.94. The molecule has 0 saturated carbocycles. The van der Waals surface area contributed by atoms with Gasteiger partial charge in [-0.1, -0.05) is 31.5 Å². The van der Waals surface area contributed by atoms with Crippen molar-refractivity contribution in [1.29, 1.82) is 0 Å². The molecule has 1 aromatic rings. The maximum Gasteiger partial charge on any atom is 0.251 e. The zero-order valence-electron chi connectivity index (χ0n) is 14.9. The molecule has 0 aliphatic carbocycles. The molecule has 0 atom stereocenters. The fourth-order valence-corrected chi connectivity index (χ4v) is 1.70. The summed E-state index contributed by atoms with van der Waals surface area (Å²) in [6, 6.07) is 7.43. The smallest absolute Gasteiger partial charge is 0.251 e. The number of carbonyl (C=O) groups is 2. The standard InChI is InChI=1S/C16H23NO5.C2H6.H2/c1-14-3-2-4-15(13-14)16(19)17-5-7-20-9-11-22-12-10-21-8-6-18;1-2;/h2-4,6,13H,5,7-12H2,1H3,(H,17,19);1-2H3;1H. The number of aldehydes is 1. The van der Waals surface area contributed by atoms with Crippen LogP contribution in [0.4, 0.5) is 0 Å². The first-order valence-electron chi connectivity index (χ1n) is 8.26. The van der Waals surface area contributed by atoms with E-state index in [4.69, 9.17) is 14.2 Å². The van der Waals surface area contributed by atoms with Crippen LogP contribution in [0.25, 0.3) is 0 Å². The van der Waals surface area contributed by atoms with Crippen molar-refractivity contribution in [3.63, 3.8) is 0 Å². The molecule has 0 aromatic heterocycles. The summed E-state index contributed by atoms with van der Waals surface area (Å²) in [7, 11) is 0. The van der Waals surface area contributed by atoms with E-state index in [2.05, 4.69) is 5.32 Å². The summed E-state index contributed by atoms with van der Waals surface area (Å²) >= 11 is 0. The van der Waals surface area contributed by atoms with Crippen molar-refractivity contribution in [3.8, 4) is 0 Å². The molecule has 6 nitrogen and oxygen atoms in total. The van der Waals surface area contributed by atoms with Crippen molar-refractivity contribution in [3.05, 3.63) is 35.4 Å². The molecule has 0 bridgehead atoms. The van der Waals surface area contributed by atoms with Gasteiger partial charge in [-0.3, -0.25) is 4.79 Å². The maximum absolute atomic E-state index is 11.8. The second-order valence-corrected chi connectivity index (χ2v) is 4.59. The Balaban J connectivity index is 0. The van der Waals surface area contributed by atoms with Crippen LogP contribution in [-0.2, 0) is 19.0 Å². The summed E-state index contributed by atoms with van der Waals surface area (Å²) in [4.78, 5) is 21.8. The van der Waals surface area contributed by atoms with Crippen LogP contribution in [-0.4, -0.2) is 58.4 Å². The van der Waals surface area contributed by atoms with E-state index in [9.17, 15) is 9.59 Å². The fourth-order valence-electron chi connectivity index (χ4n) is 1.70. The largest absolute Gasteiger partial charge is 0.377 e. The van der Waals surface area contributed by atoms with Gasteiger partial charge in [0.2, 0.25) is 0 Å². The van der Waals surface area contributed by atoms with Gasteiger partial charge in [0, 0.05) is 13.5 Å². The summed E-state index contributed by atoms with van der Waals surface area (Å²) in [5.74, 6) is -0.101. The SMILES string of the molecule is CC.Cc1cccc(C(=O)NCCOCCOCCOCC=O)c1.[HH]. The Hall–Kier alpha value is -1.76. The summed E-state index contributed by atoms with van der Waals surface area (Å²) in [5, 5.41) is 2.79. The quantitative estimate of drug-likeness (QED) is 0.466. The van der Waals surface area contributed by atoms with Gasteiger partial charge in [0.05, 0.1) is 33.0 Å². The molecule has 0 unspecified atom stereocenters. The van der Waals surface area contributed by atoms with Crippen LogP contribution in [0.5, 0.6) is 0 Å². The Bertz CT molecular complexity index is 457. The molecule has 1 N–H and O–H groups in total. The van der Waals surface area contributed by atoms with Crippen molar-refractivity contribution in [2.24, 2.45) is 0 Å². The molecular formula is C18H31NO5. The molecule has 0 saturated heterocycles. The van der Waals surface area contributed by atoms with E-state index >= 15 is 0 Å². The Morgan fingerprint density at radius 1 is 1.08 bits per heavy atom. The highest BCUT2D eigenvalue weighted by Gasteiger charge is 2.03. The lowest BCUT2D eigenvalue weighted by Crippen LogP contribution is -2.27. The molecule has 138 valence electrons. The maximum atomic E-state index is 11.8. The van der Waals surface area contributed by atoms with Crippen LogP contribution < -0.4 is 5.32 Å². The van der Waals surface area contributed by atoms with Gasteiger partial charge in [0.25, 0.3) is 5.91 Å². The van der Waals surface area contributed by atoms with Crippen LogP contribution in [0.15, 0.2) is 24.3 Å². The van der Waals surface area contributed by atoms with Gasteiger partial charge < -0.3 is 24.3 Å². The average molecular weight is 341 g/mol. The first-order chi connectivity index (χ1) is 11.7. The average Bonchev–Trinajstić information content (AvgIpc) is 2.61. The minimum absolute atomic E-state index is 0. The van der Waals surface area contributed by atoms with E-state index in [0.717, 1.165) is 5.56 Å². The van der Waals surface area contributed by atoms with E-state index in [0.29, 0.717) is 51.4 Å². The van der Waals surface area contributed by atoms with E-state index in [-0.39, 0.29) is 13.9 Å². The van der Waals surface area contributed by atoms with Crippen molar-refractivity contribution >= 4 is 12.2 Å². The minimum atomic E-state index is -0.101. The molecule has 1 aromatic carbocycles.